The van der Waals surface area contributed by atoms with Crippen molar-refractivity contribution < 1.29 is 4.39 Å². The van der Waals surface area contributed by atoms with Gasteiger partial charge in [0.2, 0.25) is 0 Å². The highest BCUT2D eigenvalue weighted by molar-refractivity contribution is 5.49. The van der Waals surface area contributed by atoms with Crippen molar-refractivity contribution in [3.63, 3.8) is 0 Å². The van der Waals surface area contributed by atoms with E-state index in [2.05, 4.69) is 15.4 Å². The molecule has 2 rings (SSSR count). The Morgan fingerprint density at radius 1 is 1.29 bits per heavy atom. The van der Waals surface area contributed by atoms with E-state index in [4.69, 9.17) is 5.84 Å². The second kappa shape index (κ2) is 6.49. The van der Waals surface area contributed by atoms with Gasteiger partial charge >= 0.3 is 0 Å². The van der Waals surface area contributed by atoms with Gasteiger partial charge in [-0.05, 0) is 17.7 Å². The van der Waals surface area contributed by atoms with E-state index in [1.807, 2.05) is 31.9 Å². The summed E-state index contributed by atoms with van der Waals surface area (Å²) in [5.74, 6) is 7.43. The van der Waals surface area contributed by atoms with E-state index in [0.29, 0.717) is 18.2 Å². The van der Waals surface area contributed by atoms with Crippen LogP contribution >= 0.6 is 0 Å². The molecule has 0 bridgehead atoms. The lowest BCUT2D eigenvalue weighted by molar-refractivity contribution is 0.625. The topological polar surface area (TPSA) is 67.1 Å². The van der Waals surface area contributed by atoms with Gasteiger partial charge in [-0.2, -0.15) is 0 Å². The number of aromatic nitrogens is 2. The molecule has 5 nitrogen and oxygen atoms in total. The summed E-state index contributed by atoms with van der Waals surface area (Å²) in [6.07, 6.45) is 0. The number of hydrazine groups is 1. The highest BCUT2D eigenvalue weighted by Gasteiger charge is 2.11. The van der Waals surface area contributed by atoms with Crippen LogP contribution in [0.5, 0.6) is 0 Å². The summed E-state index contributed by atoms with van der Waals surface area (Å²) < 4.78 is 13.2. The van der Waals surface area contributed by atoms with Crippen LogP contribution in [0.4, 0.5) is 16.0 Å². The number of nitrogens with one attached hydrogen (secondary N) is 1. The average Bonchev–Trinajstić information content (AvgIpc) is 2.46. The third kappa shape index (κ3) is 3.88. The van der Waals surface area contributed by atoms with Gasteiger partial charge in [-0.25, -0.2) is 20.2 Å². The number of hydrogen-bond acceptors (Lipinski definition) is 5. The Morgan fingerprint density at radius 3 is 2.67 bits per heavy atom. The van der Waals surface area contributed by atoms with Gasteiger partial charge in [0.25, 0.3) is 0 Å². The zero-order valence-corrected chi connectivity index (χ0v) is 12.5. The fourth-order valence-corrected chi connectivity index (χ4v) is 1.97. The summed E-state index contributed by atoms with van der Waals surface area (Å²) in [5.41, 5.74) is 3.43. The molecule has 0 saturated heterocycles. The first-order valence-corrected chi connectivity index (χ1v) is 6.80. The summed E-state index contributed by atoms with van der Waals surface area (Å²) >= 11 is 0. The zero-order chi connectivity index (χ0) is 15.4. The molecule has 1 heterocycles. The van der Waals surface area contributed by atoms with Crippen molar-refractivity contribution in [2.45, 2.75) is 26.3 Å². The number of halogens is 1. The first-order valence-electron chi connectivity index (χ1n) is 6.80. The molecule has 0 spiro atoms. The summed E-state index contributed by atoms with van der Waals surface area (Å²) in [7, 11) is 1.90. The van der Waals surface area contributed by atoms with E-state index in [1.165, 1.54) is 12.1 Å². The van der Waals surface area contributed by atoms with Crippen molar-refractivity contribution in [1.29, 1.82) is 0 Å². The summed E-state index contributed by atoms with van der Waals surface area (Å²) in [5, 5.41) is 0. The normalized spacial score (nSPS) is 10.8. The lowest BCUT2D eigenvalue weighted by atomic mass is 10.2. The molecule has 1 aromatic carbocycles. The predicted molar refractivity (Wildman–Crippen MR) is 82.4 cm³/mol. The molecule has 0 atom stereocenters. The second-order valence-corrected chi connectivity index (χ2v) is 5.25. The third-order valence-electron chi connectivity index (χ3n) is 3.09. The quantitative estimate of drug-likeness (QED) is 0.654. The van der Waals surface area contributed by atoms with Crippen LogP contribution in [0, 0.1) is 5.82 Å². The first-order chi connectivity index (χ1) is 9.99. The summed E-state index contributed by atoms with van der Waals surface area (Å²) in [4.78, 5) is 10.8. The minimum Gasteiger partial charge on any atom is -0.355 e. The van der Waals surface area contributed by atoms with Crippen molar-refractivity contribution in [3.8, 4) is 0 Å². The Bertz CT molecular complexity index is 615. The standard InChI is InChI=1S/C15H20FN5/c1-10(2)15-18-13(20-17)8-14(19-15)21(3)9-11-5-4-6-12(16)7-11/h4-8,10H,9,17H2,1-3H3,(H,18,19,20). The van der Waals surface area contributed by atoms with Gasteiger partial charge in [0, 0.05) is 25.6 Å². The van der Waals surface area contributed by atoms with Gasteiger partial charge in [-0.3, -0.25) is 0 Å². The monoisotopic (exact) mass is 289 g/mol. The van der Waals surface area contributed by atoms with Gasteiger partial charge in [0.15, 0.2) is 0 Å². The average molecular weight is 289 g/mol. The number of anilines is 2. The molecule has 0 saturated carbocycles. The van der Waals surface area contributed by atoms with E-state index in [1.54, 1.807) is 12.1 Å². The lowest BCUT2D eigenvalue weighted by Crippen LogP contribution is -2.20. The molecule has 6 heteroatoms. The van der Waals surface area contributed by atoms with E-state index in [-0.39, 0.29) is 11.7 Å². The van der Waals surface area contributed by atoms with Crippen LogP contribution in [0.15, 0.2) is 30.3 Å². The Morgan fingerprint density at radius 2 is 2.05 bits per heavy atom. The molecule has 0 aliphatic carbocycles. The Hall–Kier alpha value is -2.21. The van der Waals surface area contributed by atoms with Crippen LogP contribution in [0.1, 0.15) is 31.2 Å². The van der Waals surface area contributed by atoms with Gasteiger partial charge in [0.05, 0.1) is 0 Å². The van der Waals surface area contributed by atoms with Gasteiger partial charge in [-0.1, -0.05) is 26.0 Å². The number of nitrogen functional groups attached to an aromatic ring is 1. The molecule has 0 unspecified atom stereocenters. The lowest BCUT2D eigenvalue weighted by Gasteiger charge is -2.20. The number of hydrogen-bond donors (Lipinski definition) is 2. The number of rotatable bonds is 5. The van der Waals surface area contributed by atoms with Crippen molar-refractivity contribution in [3.05, 3.63) is 47.5 Å². The number of nitrogens with zero attached hydrogens (tertiary/aromatic N) is 3. The van der Waals surface area contributed by atoms with Gasteiger partial charge in [-0.15, -0.1) is 0 Å². The maximum atomic E-state index is 13.2. The Labute approximate surface area is 124 Å². The molecule has 0 radical (unpaired) electrons. The Kier molecular flexibility index (Phi) is 4.70. The zero-order valence-electron chi connectivity index (χ0n) is 12.5. The first kappa shape index (κ1) is 15.2. The third-order valence-corrected chi connectivity index (χ3v) is 3.09. The maximum absolute atomic E-state index is 13.2. The number of nitrogens with two attached hydrogens (primary N) is 1. The molecule has 3 N–H and O–H groups in total. The van der Waals surface area contributed by atoms with Crippen molar-refractivity contribution in [2.75, 3.05) is 17.4 Å². The largest absolute Gasteiger partial charge is 0.355 e. The van der Waals surface area contributed by atoms with E-state index in [9.17, 15) is 4.39 Å². The fraction of sp³-hybridized carbons (Fsp3) is 0.333. The van der Waals surface area contributed by atoms with E-state index < -0.39 is 0 Å². The SMILES string of the molecule is CC(C)c1nc(NN)cc(N(C)Cc2cccc(F)c2)n1. The second-order valence-electron chi connectivity index (χ2n) is 5.25. The molecule has 1 aromatic heterocycles. The highest BCUT2D eigenvalue weighted by atomic mass is 19.1. The fourth-order valence-electron chi connectivity index (χ4n) is 1.97. The van der Waals surface area contributed by atoms with Crippen molar-refractivity contribution >= 4 is 11.6 Å². The van der Waals surface area contributed by atoms with Gasteiger partial charge in [0.1, 0.15) is 23.3 Å². The molecule has 0 amide bonds. The van der Waals surface area contributed by atoms with Crippen LogP contribution in [-0.2, 0) is 6.54 Å². The van der Waals surface area contributed by atoms with Crippen molar-refractivity contribution in [2.24, 2.45) is 5.84 Å². The molecule has 112 valence electrons. The van der Waals surface area contributed by atoms with Crippen LogP contribution in [0.25, 0.3) is 0 Å². The molecular weight excluding hydrogens is 269 g/mol. The molecule has 0 aliphatic heterocycles. The summed E-state index contributed by atoms with van der Waals surface area (Å²) in [6, 6.07) is 8.30. The Balaban J connectivity index is 2.25. The minimum absolute atomic E-state index is 0.194. The van der Waals surface area contributed by atoms with Crippen LogP contribution < -0.4 is 16.2 Å². The molecule has 21 heavy (non-hydrogen) atoms. The molecule has 0 aliphatic rings. The number of benzene rings is 1. The van der Waals surface area contributed by atoms with Crippen LogP contribution in [0.3, 0.4) is 0 Å². The minimum atomic E-state index is -0.240. The van der Waals surface area contributed by atoms with Gasteiger partial charge < -0.3 is 10.3 Å². The van der Waals surface area contributed by atoms with Crippen LogP contribution in [-0.4, -0.2) is 17.0 Å². The maximum Gasteiger partial charge on any atom is 0.145 e. The molecule has 2 aromatic rings. The molecular formula is C15H20FN5. The summed E-state index contributed by atoms with van der Waals surface area (Å²) in [6.45, 7) is 4.59. The van der Waals surface area contributed by atoms with Crippen LogP contribution in [0.2, 0.25) is 0 Å². The highest BCUT2D eigenvalue weighted by Crippen LogP contribution is 2.20. The van der Waals surface area contributed by atoms with E-state index in [0.717, 1.165) is 11.4 Å². The smallest absolute Gasteiger partial charge is 0.145 e. The van der Waals surface area contributed by atoms with Crippen molar-refractivity contribution in [1.82, 2.24) is 9.97 Å². The molecule has 0 fully saturated rings. The van der Waals surface area contributed by atoms with E-state index >= 15 is 0 Å². The predicted octanol–water partition coefficient (Wildman–Crippen LogP) is 2.66.